The van der Waals surface area contributed by atoms with Crippen molar-refractivity contribution in [3.8, 4) is 11.5 Å². The van der Waals surface area contributed by atoms with Crippen LogP contribution in [0.1, 0.15) is 57.4 Å². The number of aliphatic hydroxyl groups is 1. The standard InChI is InChI=1S/C33H38N2O5/c1-6-22-11-15-25(16-12-22)35-30(23-13-17-24(18-14-23)34(7-2)8-3)29(32(37)33(35)38)31(36)27-20-19-26(39-9-4)21-28(27)40-10-5/h11-21,30,36H,6-10H2,1-5H3/b31-29-. The van der Waals surface area contributed by atoms with Crippen molar-refractivity contribution in [2.75, 3.05) is 36.1 Å². The minimum absolute atomic E-state index is 0.0188. The molecular weight excluding hydrogens is 504 g/mol. The number of aliphatic hydroxyl groups excluding tert-OH is 1. The molecule has 7 nitrogen and oxygen atoms in total. The van der Waals surface area contributed by atoms with Gasteiger partial charge in [-0.2, -0.15) is 0 Å². The number of carbonyl (C=O) groups excluding carboxylic acids is 2. The minimum Gasteiger partial charge on any atom is -0.507 e. The molecule has 40 heavy (non-hydrogen) atoms. The van der Waals surface area contributed by atoms with Crippen LogP contribution < -0.4 is 19.3 Å². The summed E-state index contributed by atoms with van der Waals surface area (Å²) in [5, 5.41) is 11.7. The molecule has 1 amide bonds. The van der Waals surface area contributed by atoms with Crippen molar-refractivity contribution in [3.63, 3.8) is 0 Å². The van der Waals surface area contributed by atoms with Gasteiger partial charge in [0.2, 0.25) is 0 Å². The van der Waals surface area contributed by atoms with Crippen LogP contribution in [0.4, 0.5) is 11.4 Å². The molecule has 3 aromatic carbocycles. The van der Waals surface area contributed by atoms with Gasteiger partial charge in [0.15, 0.2) is 0 Å². The first kappa shape index (κ1) is 28.7. The number of carbonyl (C=O) groups is 2. The fourth-order valence-corrected chi connectivity index (χ4v) is 5.14. The molecule has 1 fully saturated rings. The number of benzene rings is 3. The summed E-state index contributed by atoms with van der Waals surface area (Å²) in [5.41, 5.74) is 3.83. The monoisotopic (exact) mass is 542 g/mol. The summed E-state index contributed by atoms with van der Waals surface area (Å²) in [6.07, 6.45) is 0.854. The lowest BCUT2D eigenvalue weighted by atomic mass is 9.94. The number of rotatable bonds is 11. The Kier molecular flexibility index (Phi) is 9.15. The normalized spacial score (nSPS) is 16.3. The summed E-state index contributed by atoms with van der Waals surface area (Å²) in [6.45, 7) is 12.5. The summed E-state index contributed by atoms with van der Waals surface area (Å²) in [4.78, 5) is 30.9. The third-order valence-electron chi connectivity index (χ3n) is 7.22. The molecule has 1 atom stereocenters. The first-order valence-electron chi connectivity index (χ1n) is 14.0. The molecule has 0 saturated carbocycles. The van der Waals surface area contributed by atoms with E-state index in [4.69, 9.17) is 9.47 Å². The van der Waals surface area contributed by atoms with Gasteiger partial charge in [-0.3, -0.25) is 14.5 Å². The highest BCUT2D eigenvalue weighted by Gasteiger charge is 2.47. The Hall–Kier alpha value is -4.26. The highest BCUT2D eigenvalue weighted by molar-refractivity contribution is 6.51. The molecule has 0 aromatic heterocycles. The summed E-state index contributed by atoms with van der Waals surface area (Å²) in [5.74, 6) is -0.753. The second-order valence-electron chi connectivity index (χ2n) is 9.48. The second-order valence-corrected chi connectivity index (χ2v) is 9.48. The SMILES string of the molecule is CCOc1ccc(/C(O)=C2/C(=O)C(=O)N(c3ccc(CC)cc3)C2c2ccc(N(CC)CC)cc2)c(OCC)c1. The molecule has 0 spiro atoms. The lowest BCUT2D eigenvalue weighted by Gasteiger charge is -2.27. The molecule has 0 radical (unpaired) electrons. The zero-order valence-electron chi connectivity index (χ0n) is 23.9. The van der Waals surface area contributed by atoms with Crippen molar-refractivity contribution in [1.82, 2.24) is 0 Å². The van der Waals surface area contributed by atoms with Crippen LogP contribution in [0.5, 0.6) is 11.5 Å². The van der Waals surface area contributed by atoms with E-state index in [1.165, 1.54) is 4.90 Å². The van der Waals surface area contributed by atoms with E-state index in [2.05, 4.69) is 25.7 Å². The number of Topliss-reactive ketones (excluding diaryl/α,β-unsaturated/α-hetero) is 1. The number of nitrogens with zero attached hydrogens (tertiary/aromatic N) is 2. The Morgan fingerprint density at radius 3 is 2.08 bits per heavy atom. The molecule has 3 aromatic rings. The number of amides is 1. The molecule has 1 N–H and O–H groups in total. The molecular formula is C33H38N2O5. The van der Waals surface area contributed by atoms with Crippen LogP contribution in [0.3, 0.4) is 0 Å². The Morgan fingerprint density at radius 2 is 1.50 bits per heavy atom. The van der Waals surface area contributed by atoms with E-state index in [0.717, 1.165) is 36.3 Å². The molecule has 1 aliphatic heterocycles. The predicted molar refractivity (Wildman–Crippen MR) is 159 cm³/mol. The van der Waals surface area contributed by atoms with Crippen LogP contribution in [-0.2, 0) is 16.0 Å². The fourth-order valence-electron chi connectivity index (χ4n) is 5.14. The van der Waals surface area contributed by atoms with E-state index in [1.54, 1.807) is 18.2 Å². The summed E-state index contributed by atoms with van der Waals surface area (Å²) in [7, 11) is 0. The molecule has 1 heterocycles. The largest absolute Gasteiger partial charge is 0.507 e. The summed E-state index contributed by atoms with van der Waals surface area (Å²) < 4.78 is 11.4. The first-order valence-corrected chi connectivity index (χ1v) is 14.0. The van der Waals surface area contributed by atoms with Crippen LogP contribution in [0, 0.1) is 0 Å². The van der Waals surface area contributed by atoms with Crippen molar-refractivity contribution in [1.29, 1.82) is 0 Å². The molecule has 210 valence electrons. The highest BCUT2D eigenvalue weighted by Crippen LogP contribution is 2.44. The first-order chi connectivity index (χ1) is 19.4. The lowest BCUT2D eigenvalue weighted by Crippen LogP contribution is -2.29. The third kappa shape index (κ3) is 5.55. The second kappa shape index (κ2) is 12.7. The molecule has 7 heteroatoms. The lowest BCUT2D eigenvalue weighted by molar-refractivity contribution is -0.132. The van der Waals surface area contributed by atoms with E-state index in [1.807, 2.05) is 62.4 Å². The Labute approximate surface area is 236 Å². The van der Waals surface area contributed by atoms with E-state index in [0.29, 0.717) is 36.0 Å². The number of hydrogen-bond donors (Lipinski definition) is 1. The Morgan fingerprint density at radius 1 is 0.850 bits per heavy atom. The van der Waals surface area contributed by atoms with Crippen molar-refractivity contribution in [3.05, 3.63) is 89.0 Å². The zero-order valence-corrected chi connectivity index (χ0v) is 23.9. The van der Waals surface area contributed by atoms with Crippen LogP contribution in [0.2, 0.25) is 0 Å². The number of aryl methyl sites for hydroxylation is 1. The fraction of sp³-hybridized carbons (Fsp3) is 0.333. The average molecular weight is 543 g/mol. The van der Waals surface area contributed by atoms with Gasteiger partial charge in [-0.25, -0.2) is 0 Å². The van der Waals surface area contributed by atoms with Crippen LogP contribution in [-0.4, -0.2) is 43.1 Å². The quantitative estimate of drug-likeness (QED) is 0.169. The highest BCUT2D eigenvalue weighted by atomic mass is 16.5. The van der Waals surface area contributed by atoms with Gasteiger partial charge < -0.3 is 19.5 Å². The van der Waals surface area contributed by atoms with Gasteiger partial charge in [0.25, 0.3) is 11.7 Å². The maximum atomic E-state index is 13.6. The van der Waals surface area contributed by atoms with Crippen molar-refractivity contribution in [2.24, 2.45) is 0 Å². The maximum absolute atomic E-state index is 13.6. The molecule has 0 aliphatic carbocycles. The zero-order chi connectivity index (χ0) is 28.8. The van der Waals surface area contributed by atoms with Gasteiger partial charge in [-0.15, -0.1) is 0 Å². The van der Waals surface area contributed by atoms with Gasteiger partial charge >= 0.3 is 0 Å². The number of anilines is 2. The topological polar surface area (TPSA) is 79.3 Å². The summed E-state index contributed by atoms with van der Waals surface area (Å²) >= 11 is 0. The van der Waals surface area contributed by atoms with Gasteiger partial charge in [0.1, 0.15) is 17.3 Å². The van der Waals surface area contributed by atoms with E-state index >= 15 is 0 Å². The number of hydrogen-bond acceptors (Lipinski definition) is 6. The van der Waals surface area contributed by atoms with Crippen LogP contribution in [0.25, 0.3) is 5.76 Å². The summed E-state index contributed by atoms with van der Waals surface area (Å²) in [6, 6.07) is 19.7. The van der Waals surface area contributed by atoms with E-state index < -0.39 is 17.7 Å². The van der Waals surface area contributed by atoms with Gasteiger partial charge in [0, 0.05) is 30.5 Å². The number of ketones is 1. The average Bonchev–Trinajstić information content (AvgIpc) is 3.24. The molecule has 1 aliphatic rings. The van der Waals surface area contributed by atoms with Gasteiger partial charge in [-0.1, -0.05) is 31.2 Å². The van der Waals surface area contributed by atoms with Crippen molar-refractivity contribution in [2.45, 2.75) is 47.1 Å². The molecule has 0 bridgehead atoms. The van der Waals surface area contributed by atoms with Gasteiger partial charge in [0.05, 0.1) is 30.4 Å². The van der Waals surface area contributed by atoms with Crippen LogP contribution in [0.15, 0.2) is 72.3 Å². The van der Waals surface area contributed by atoms with E-state index in [9.17, 15) is 14.7 Å². The van der Waals surface area contributed by atoms with Crippen molar-refractivity contribution >= 4 is 28.8 Å². The van der Waals surface area contributed by atoms with Crippen LogP contribution >= 0.6 is 0 Å². The van der Waals surface area contributed by atoms with Gasteiger partial charge in [-0.05, 0) is 81.6 Å². The molecule has 1 unspecified atom stereocenters. The molecule has 4 rings (SSSR count). The number of ether oxygens (including phenoxy) is 2. The predicted octanol–water partition coefficient (Wildman–Crippen LogP) is 6.52. The Bertz CT molecular complexity index is 1370. The van der Waals surface area contributed by atoms with E-state index in [-0.39, 0.29) is 11.3 Å². The molecule has 1 saturated heterocycles. The third-order valence-corrected chi connectivity index (χ3v) is 7.22. The maximum Gasteiger partial charge on any atom is 0.300 e. The Balaban J connectivity index is 1.91. The van der Waals surface area contributed by atoms with Crippen molar-refractivity contribution < 1.29 is 24.2 Å². The minimum atomic E-state index is -0.820. The smallest absolute Gasteiger partial charge is 0.300 e.